The first kappa shape index (κ1) is 22.5. The number of benzene rings is 2. The number of ether oxygens (including phenoxy) is 2. The van der Waals surface area contributed by atoms with Gasteiger partial charge in [-0.1, -0.05) is 48.2 Å². The Morgan fingerprint density at radius 3 is 2.72 bits per heavy atom. The number of nitrogens with one attached hydrogen (secondary N) is 1. The van der Waals surface area contributed by atoms with Crippen molar-refractivity contribution in [3.8, 4) is 5.75 Å². The molecule has 1 aromatic heterocycles. The third-order valence-corrected chi connectivity index (χ3v) is 6.49. The van der Waals surface area contributed by atoms with E-state index in [0.717, 1.165) is 59.4 Å². The van der Waals surface area contributed by atoms with Crippen molar-refractivity contribution < 1.29 is 14.3 Å². The van der Waals surface area contributed by atoms with Crippen molar-refractivity contribution in [1.82, 2.24) is 20.2 Å². The van der Waals surface area contributed by atoms with Crippen molar-refractivity contribution >= 4 is 28.6 Å². The molecule has 32 heavy (non-hydrogen) atoms. The highest BCUT2D eigenvalue weighted by molar-refractivity contribution is 8.00. The molecule has 2 aromatic carbocycles. The number of morpholine rings is 1. The molecule has 0 saturated carbocycles. The van der Waals surface area contributed by atoms with E-state index in [9.17, 15) is 4.79 Å². The summed E-state index contributed by atoms with van der Waals surface area (Å²) in [5.41, 5.74) is 1.84. The lowest BCUT2D eigenvalue weighted by molar-refractivity contribution is -0.120. The van der Waals surface area contributed by atoms with Gasteiger partial charge in [0, 0.05) is 30.6 Å². The van der Waals surface area contributed by atoms with Gasteiger partial charge in [-0.2, -0.15) is 0 Å². The molecule has 7 nitrogen and oxygen atoms in total. The summed E-state index contributed by atoms with van der Waals surface area (Å²) in [5.74, 6) is 1.50. The number of methoxy groups -OCH3 is 1. The van der Waals surface area contributed by atoms with E-state index in [1.165, 1.54) is 11.8 Å². The van der Waals surface area contributed by atoms with E-state index < -0.39 is 0 Å². The Labute approximate surface area is 192 Å². The molecule has 1 unspecified atom stereocenters. The fourth-order valence-electron chi connectivity index (χ4n) is 3.61. The van der Waals surface area contributed by atoms with Gasteiger partial charge < -0.3 is 14.8 Å². The van der Waals surface area contributed by atoms with Crippen LogP contribution in [0.3, 0.4) is 0 Å². The number of hydrogen-bond acceptors (Lipinski definition) is 7. The molecule has 1 saturated heterocycles. The minimum atomic E-state index is -0.306. The Hall–Kier alpha value is -2.68. The number of nitrogens with zero attached hydrogens (tertiary/aromatic N) is 3. The van der Waals surface area contributed by atoms with Gasteiger partial charge in [0.2, 0.25) is 5.91 Å². The van der Waals surface area contributed by atoms with Crippen LogP contribution in [0.15, 0.2) is 53.6 Å². The van der Waals surface area contributed by atoms with Crippen LogP contribution in [0.2, 0.25) is 0 Å². The van der Waals surface area contributed by atoms with Gasteiger partial charge in [0.25, 0.3) is 0 Å². The zero-order valence-corrected chi connectivity index (χ0v) is 19.2. The van der Waals surface area contributed by atoms with Gasteiger partial charge in [-0.25, -0.2) is 9.97 Å². The third kappa shape index (κ3) is 5.56. The van der Waals surface area contributed by atoms with Gasteiger partial charge in [-0.3, -0.25) is 9.69 Å². The predicted octanol–water partition coefficient (Wildman–Crippen LogP) is 3.27. The fraction of sp³-hybridized carbons (Fsp3) is 0.375. The molecule has 0 bridgehead atoms. The molecule has 1 atom stereocenters. The molecule has 168 valence electrons. The minimum Gasteiger partial charge on any atom is -0.496 e. The highest BCUT2D eigenvalue weighted by Crippen LogP contribution is 2.29. The van der Waals surface area contributed by atoms with Crippen LogP contribution in [0.1, 0.15) is 18.3 Å². The molecule has 0 aliphatic carbocycles. The highest BCUT2D eigenvalue weighted by Gasteiger charge is 2.19. The molecule has 3 aromatic rings. The van der Waals surface area contributed by atoms with Crippen LogP contribution in [0, 0.1) is 0 Å². The van der Waals surface area contributed by atoms with E-state index in [2.05, 4.69) is 10.2 Å². The maximum atomic E-state index is 12.8. The summed E-state index contributed by atoms with van der Waals surface area (Å²) in [6.45, 7) is 6.22. The smallest absolute Gasteiger partial charge is 0.233 e. The number of hydrogen-bond donors (Lipinski definition) is 1. The highest BCUT2D eigenvalue weighted by atomic mass is 32.2. The van der Waals surface area contributed by atoms with Crippen LogP contribution in [0.25, 0.3) is 10.9 Å². The molecule has 1 N–H and O–H groups in total. The molecule has 8 heteroatoms. The Bertz CT molecular complexity index is 1070. The lowest BCUT2D eigenvalue weighted by Gasteiger charge is -2.26. The number of fused-ring (bicyclic) bond motifs is 1. The maximum Gasteiger partial charge on any atom is 0.233 e. The average molecular weight is 453 g/mol. The largest absolute Gasteiger partial charge is 0.496 e. The second-order valence-corrected chi connectivity index (χ2v) is 8.97. The van der Waals surface area contributed by atoms with Crippen LogP contribution < -0.4 is 10.1 Å². The van der Waals surface area contributed by atoms with Crippen molar-refractivity contribution in [3.63, 3.8) is 0 Å². The summed E-state index contributed by atoms with van der Waals surface area (Å²) in [6.07, 6.45) is 0. The van der Waals surface area contributed by atoms with Crippen LogP contribution in [0.4, 0.5) is 0 Å². The normalized spacial score (nSPS) is 15.4. The van der Waals surface area contributed by atoms with Crippen molar-refractivity contribution in [2.75, 3.05) is 33.4 Å². The van der Waals surface area contributed by atoms with Crippen LogP contribution in [-0.4, -0.2) is 59.4 Å². The molecule has 2 heterocycles. The number of amides is 1. The fourth-order valence-corrected chi connectivity index (χ4v) is 4.59. The summed E-state index contributed by atoms with van der Waals surface area (Å²) in [5, 5.41) is 4.51. The molecule has 1 aliphatic rings. The van der Waals surface area contributed by atoms with Gasteiger partial charge >= 0.3 is 0 Å². The number of carbonyl (C=O) groups excluding carboxylic acids is 1. The number of carbonyl (C=O) groups is 1. The van der Waals surface area contributed by atoms with Crippen molar-refractivity contribution in [3.05, 3.63) is 59.9 Å². The number of rotatable bonds is 8. The lowest BCUT2D eigenvalue weighted by Crippen LogP contribution is -2.36. The second-order valence-electron chi connectivity index (χ2n) is 7.64. The van der Waals surface area contributed by atoms with Crippen molar-refractivity contribution in [2.24, 2.45) is 0 Å². The Morgan fingerprint density at radius 2 is 1.91 bits per heavy atom. The van der Waals surface area contributed by atoms with Crippen LogP contribution in [0.5, 0.6) is 5.75 Å². The van der Waals surface area contributed by atoms with Crippen molar-refractivity contribution in [1.29, 1.82) is 0 Å². The summed E-state index contributed by atoms with van der Waals surface area (Å²) in [4.78, 5) is 24.7. The quantitative estimate of drug-likeness (QED) is 0.415. The Balaban J connectivity index is 1.47. The van der Waals surface area contributed by atoms with Crippen LogP contribution >= 0.6 is 11.8 Å². The van der Waals surface area contributed by atoms with Gasteiger partial charge in [0.15, 0.2) is 0 Å². The molecule has 1 fully saturated rings. The maximum absolute atomic E-state index is 12.8. The van der Waals surface area contributed by atoms with Gasteiger partial charge in [-0.05, 0) is 19.1 Å². The third-order valence-electron chi connectivity index (χ3n) is 5.39. The van der Waals surface area contributed by atoms with E-state index in [1.807, 2.05) is 55.5 Å². The second kappa shape index (κ2) is 10.8. The molecule has 0 spiro atoms. The first-order chi connectivity index (χ1) is 15.6. The minimum absolute atomic E-state index is 0.0432. The molecular formula is C24H28N4O3S. The van der Waals surface area contributed by atoms with E-state index >= 15 is 0 Å². The predicted molar refractivity (Wildman–Crippen MR) is 126 cm³/mol. The molecule has 0 radical (unpaired) electrons. The van der Waals surface area contributed by atoms with Crippen LogP contribution in [-0.2, 0) is 22.6 Å². The average Bonchev–Trinajstić information content (AvgIpc) is 2.83. The molecular weight excluding hydrogens is 424 g/mol. The zero-order valence-electron chi connectivity index (χ0n) is 18.4. The molecule has 1 aliphatic heterocycles. The van der Waals surface area contributed by atoms with E-state index in [4.69, 9.17) is 19.4 Å². The van der Waals surface area contributed by atoms with Gasteiger partial charge in [0.1, 0.15) is 16.6 Å². The van der Waals surface area contributed by atoms with E-state index in [0.29, 0.717) is 13.1 Å². The summed E-state index contributed by atoms with van der Waals surface area (Å²) < 4.78 is 10.8. The summed E-state index contributed by atoms with van der Waals surface area (Å²) in [7, 11) is 1.63. The monoisotopic (exact) mass is 452 g/mol. The number of thioether (sulfide) groups is 1. The Morgan fingerprint density at radius 1 is 1.16 bits per heavy atom. The SMILES string of the molecule is COc1ccccc1CNC(=O)C(C)Sc1nc(CN2CCOCC2)nc2ccccc12. The summed E-state index contributed by atoms with van der Waals surface area (Å²) in [6, 6.07) is 15.7. The van der Waals surface area contributed by atoms with Gasteiger partial charge in [-0.15, -0.1) is 0 Å². The first-order valence-corrected chi connectivity index (χ1v) is 11.6. The number of para-hydroxylation sites is 2. The van der Waals surface area contributed by atoms with E-state index in [-0.39, 0.29) is 11.2 Å². The Kier molecular flexibility index (Phi) is 7.57. The zero-order chi connectivity index (χ0) is 22.3. The standard InChI is InChI=1S/C24H28N4O3S/c1-17(23(29)25-15-18-7-3-6-10-21(18)30-2)32-24-19-8-4-5-9-20(19)26-22(27-24)16-28-11-13-31-14-12-28/h3-10,17H,11-16H2,1-2H3,(H,25,29). The van der Waals surface area contributed by atoms with E-state index in [1.54, 1.807) is 7.11 Å². The lowest BCUT2D eigenvalue weighted by atomic mass is 10.2. The number of aromatic nitrogens is 2. The first-order valence-electron chi connectivity index (χ1n) is 10.8. The summed E-state index contributed by atoms with van der Waals surface area (Å²) >= 11 is 1.46. The van der Waals surface area contributed by atoms with Gasteiger partial charge in [0.05, 0.1) is 37.6 Å². The molecule has 1 amide bonds. The topological polar surface area (TPSA) is 76.6 Å². The molecule has 4 rings (SSSR count). The van der Waals surface area contributed by atoms with Crippen molar-refractivity contribution in [2.45, 2.75) is 30.3 Å².